The Morgan fingerprint density at radius 2 is 1.17 bits per heavy atom. The van der Waals surface area contributed by atoms with Crippen molar-refractivity contribution in [2.24, 2.45) is 11.8 Å². The summed E-state index contributed by atoms with van der Waals surface area (Å²) >= 11 is 0. The first-order valence-corrected chi connectivity index (χ1v) is 17.6. The van der Waals surface area contributed by atoms with Gasteiger partial charge in [-0.1, -0.05) is 34.6 Å². The molecule has 2 aromatic carbocycles. The number of likely N-dealkylation sites (N-methyl/N-ethyl adjacent to an activating group) is 1. The largest absolute Gasteiger partial charge is 0.493 e. The van der Waals surface area contributed by atoms with Crippen LogP contribution in [0.3, 0.4) is 0 Å². The van der Waals surface area contributed by atoms with Crippen molar-refractivity contribution in [2.45, 2.75) is 84.5 Å². The lowest BCUT2D eigenvalue weighted by Crippen LogP contribution is -2.56. The predicted molar refractivity (Wildman–Crippen MR) is 187 cm³/mol. The van der Waals surface area contributed by atoms with Crippen molar-refractivity contribution >= 4 is 0 Å². The zero-order valence-electron chi connectivity index (χ0n) is 30.0. The molecule has 8 nitrogen and oxygen atoms in total. The summed E-state index contributed by atoms with van der Waals surface area (Å²) in [7, 11) is 6.86. The van der Waals surface area contributed by atoms with Crippen LogP contribution in [0.5, 0.6) is 23.0 Å². The molecule has 0 amide bonds. The van der Waals surface area contributed by atoms with Gasteiger partial charge in [-0.3, -0.25) is 14.7 Å². The highest BCUT2D eigenvalue weighted by molar-refractivity contribution is 5.50. The Hall–Kier alpha value is -2.52. The summed E-state index contributed by atoms with van der Waals surface area (Å²) in [6.07, 6.45) is 4.74. The zero-order valence-corrected chi connectivity index (χ0v) is 30.0. The van der Waals surface area contributed by atoms with E-state index in [0.29, 0.717) is 24.2 Å². The summed E-state index contributed by atoms with van der Waals surface area (Å²) in [6.45, 7) is 19.5. The lowest BCUT2D eigenvalue weighted by molar-refractivity contribution is 0.0168. The Balaban J connectivity index is 0.000000182. The van der Waals surface area contributed by atoms with E-state index in [0.717, 1.165) is 86.9 Å². The fourth-order valence-corrected chi connectivity index (χ4v) is 8.32. The molecule has 6 rings (SSSR count). The number of benzene rings is 2. The maximum atomic E-state index is 5.55. The van der Waals surface area contributed by atoms with Crippen LogP contribution in [0, 0.1) is 11.8 Å². The van der Waals surface area contributed by atoms with Gasteiger partial charge in [-0.2, -0.15) is 0 Å². The molecule has 4 atom stereocenters. The molecular formula is C38H60N4O4. The van der Waals surface area contributed by atoms with Crippen LogP contribution in [0.25, 0.3) is 0 Å². The first kappa shape index (κ1) is 34.8. The molecule has 256 valence electrons. The second-order valence-corrected chi connectivity index (χ2v) is 14.4. The normalized spacial score (nSPS) is 24.7. The van der Waals surface area contributed by atoms with Crippen molar-refractivity contribution < 1.29 is 18.9 Å². The lowest BCUT2D eigenvalue weighted by atomic mass is 9.87. The van der Waals surface area contributed by atoms with Crippen LogP contribution in [0.4, 0.5) is 0 Å². The standard InChI is InChI=1S/C20H32N2O2.C18H28N2O2/c1-6-21-13-18-17-11-20(24-5)19(23-4)10-15(17)7-8-22(18)12-16(21)9-14(2)3;1-12(2)7-14-11-20-6-5-13-8-17(21-3)18(22-4)9-15(13)16(20)10-19-14/h10-11,14,16,18H,6-9,12-13H2,1-5H3;8-9,12,14,16,19H,5-7,10-11H2,1-4H3/t16-,18+;14-,16+/m11/s1. The van der Waals surface area contributed by atoms with Crippen LogP contribution in [0.1, 0.15) is 81.8 Å². The Bertz CT molecular complexity index is 1300. The van der Waals surface area contributed by atoms with E-state index in [9.17, 15) is 0 Å². The maximum Gasteiger partial charge on any atom is 0.161 e. The van der Waals surface area contributed by atoms with Crippen molar-refractivity contribution in [2.75, 3.05) is 74.3 Å². The highest BCUT2D eigenvalue weighted by Gasteiger charge is 2.38. The molecule has 46 heavy (non-hydrogen) atoms. The molecule has 2 fully saturated rings. The van der Waals surface area contributed by atoms with Crippen LogP contribution >= 0.6 is 0 Å². The Morgan fingerprint density at radius 3 is 1.67 bits per heavy atom. The van der Waals surface area contributed by atoms with Crippen molar-refractivity contribution in [1.82, 2.24) is 20.0 Å². The Morgan fingerprint density at radius 1 is 0.674 bits per heavy atom. The van der Waals surface area contributed by atoms with E-state index in [2.05, 4.69) is 78.9 Å². The number of nitrogens with one attached hydrogen (secondary N) is 1. The Labute approximate surface area is 278 Å². The summed E-state index contributed by atoms with van der Waals surface area (Å²) < 4.78 is 22.0. The minimum Gasteiger partial charge on any atom is -0.493 e. The van der Waals surface area contributed by atoms with Gasteiger partial charge >= 0.3 is 0 Å². The molecule has 4 aliphatic rings. The van der Waals surface area contributed by atoms with Crippen LogP contribution in [0.15, 0.2) is 24.3 Å². The number of nitrogens with zero attached hydrogens (tertiary/aromatic N) is 3. The number of methoxy groups -OCH3 is 4. The molecule has 0 bridgehead atoms. The molecule has 0 radical (unpaired) electrons. The zero-order chi connectivity index (χ0) is 33.0. The average Bonchev–Trinajstić information content (AvgIpc) is 3.06. The van der Waals surface area contributed by atoms with Gasteiger partial charge in [0.15, 0.2) is 23.0 Å². The molecule has 0 saturated carbocycles. The molecule has 2 aromatic rings. The highest BCUT2D eigenvalue weighted by atomic mass is 16.5. The molecule has 2 saturated heterocycles. The third-order valence-electron chi connectivity index (χ3n) is 10.6. The molecule has 4 aliphatic heterocycles. The van der Waals surface area contributed by atoms with Gasteiger partial charge in [0.05, 0.1) is 28.4 Å². The topological polar surface area (TPSA) is 58.7 Å². The molecule has 0 aromatic heterocycles. The third-order valence-corrected chi connectivity index (χ3v) is 10.6. The van der Waals surface area contributed by atoms with Crippen LogP contribution < -0.4 is 24.3 Å². The summed E-state index contributed by atoms with van der Waals surface area (Å²) in [5, 5.41) is 3.74. The number of hydrogen-bond acceptors (Lipinski definition) is 8. The fourth-order valence-electron chi connectivity index (χ4n) is 8.32. The van der Waals surface area contributed by atoms with E-state index in [1.54, 1.807) is 28.4 Å². The van der Waals surface area contributed by atoms with Crippen molar-refractivity contribution in [1.29, 1.82) is 0 Å². The van der Waals surface area contributed by atoms with Crippen molar-refractivity contribution in [3.63, 3.8) is 0 Å². The lowest BCUT2D eigenvalue weighted by Gasteiger charge is -2.49. The van der Waals surface area contributed by atoms with E-state index >= 15 is 0 Å². The van der Waals surface area contributed by atoms with Gasteiger partial charge < -0.3 is 24.3 Å². The average molecular weight is 637 g/mol. The summed E-state index contributed by atoms with van der Waals surface area (Å²) in [5.41, 5.74) is 5.66. The molecular weight excluding hydrogens is 576 g/mol. The number of hydrogen-bond donors (Lipinski definition) is 1. The van der Waals surface area contributed by atoms with Gasteiger partial charge in [0, 0.05) is 63.4 Å². The first-order chi connectivity index (χ1) is 22.2. The van der Waals surface area contributed by atoms with Gasteiger partial charge in [0.25, 0.3) is 0 Å². The molecule has 0 aliphatic carbocycles. The highest BCUT2D eigenvalue weighted by Crippen LogP contribution is 2.41. The first-order valence-electron chi connectivity index (χ1n) is 17.6. The van der Waals surface area contributed by atoms with E-state index in [1.807, 2.05) is 0 Å². The monoisotopic (exact) mass is 636 g/mol. The third kappa shape index (κ3) is 7.61. The maximum absolute atomic E-state index is 5.55. The van der Waals surface area contributed by atoms with E-state index in [-0.39, 0.29) is 0 Å². The molecule has 8 heteroatoms. The van der Waals surface area contributed by atoms with Gasteiger partial charge in [-0.15, -0.1) is 0 Å². The quantitative estimate of drug-likeness (QED) is 0.361. The van der Waals surface area contributed by atoms with E-state index in [4.69, 9.17) is 18.9 Å². The van der Waals surface area contributed by atoms with Crippen LogP contribution in [-0.2, 0) is 12.8 Å². The smallest absolute Gasteiger partial charge is 0.161 e. The number of piperazine rings is 2. The van der Waals surface area contributed by atoms with Gasteiger partial charge in [-0.25, -0.2) is 0 Å². The molecule has 0 spiro atoms. The Kier molecular flexibility index (Phi) is 11.8. The number of fused-ring (bicyclic) bond motifs is 6. The fraction of sp³-hybridized carbons (Fsp3) is 0.684. The van der Waals surface area contributed by atoms with Gasteiger partial charge in [-0.05, 0) is 90.6 Å². The van der Waals surface area contributed by atoms with Crippen LogP contribution in [-0.4, -0.2) is 101 Å². The van der Waals surface area contributed by atoms with Crippen molar-refractivity contribution in [3.8, 4) is 23.0 Å². The molecule has 1 N–H and O–H groups in total. The molecule has 0 unspecified atom stereocenters. The second kappa shape index (κ2) is 15.6. The summed E-state index contributed by atoms with van der Waals surface area (Å²) in [4.78, 5) is 8.00. The van der Waals surface area contributed by atoms with Crippen molar-refractivity contribution in [3.05, 3.63) is 46.5 Å². The minimum absolute atomic E-state index is 0.465. The second-order valence-electron chi connectivity index (χ2n) is 14.4. The SMILES string of the molecule is CCN1C[C@H]2c3cc(OC)c(OC)cc3CCN2C[C@H]1CC(C)C.COc1cc2c(cc1OC)[C@@H]1CN[C@H](CC(C)C)CN1CC2. The summed E-state index contributed by atoms with van der Waals surface area (Å²) in [6, 6.07) is 11.0. The number of ether oxygens (including phenoxy) is 4. The van der Waals surface area contributed by atoms with Gasteiger partial charge in [0.2, 0.25) is 0 Å². The number of rotatable bonds is 9. The molecule has 4 heterocycles. The van der Waals surface area contributed by atoms with E-state index in [1.165, 1.54) is 41.6 Å². The summed E-state index contributed by atoms with van der Waals surface area (Å²) in [5.74, 6) is 4.89. The van der Waals surface area contributed by atoms with E-state index < -0.39 is 0 Å². The predicted octanol–water partition coefficient (Wildman–Crippen LogP) is 5.97. The minimum atomic E-state index is 0.465. The van der Waals surface area contributed by atoms with Crippen LogP contribution in [0.2, 0.25) is 0 Å². The van der Waals surface area contributed by atoms with Gasteiger partial charge in [0.1, 0.15) is 0 Å².